The van der Waals surface area contributed by atoms with Crippen molar-refractivity contribution >= 4 is 0 Å². The van der Waals surface area contributed by atoms with Crippen LogP contribution in [0.5, 0.6) is 0 Å². The average Bonchev–Trinajstić information content (AvgIpc) is 2.45. The van der Waals surface area contributed by atoms with Gasteiger partial charge in [0.2, 0.25) is 0 Å². The van der Waals surface area contributed by atoms with E-state index in [0.717, 1.165) is 31.5 Å². The van der Waals surface area contributed by atoms with Crippen molar-refractivity contribution in [2.75, 3.05) is 6.54 Å². The van der Waals surface area contributed by atoms with E-state index in [1.165, 1.54) is 16.7 Å². The number of hydrogen-bond acceptors (Lipinski definition) is 2. The highest BCUT2D eigenvalue weighted by molar-refractivity contribution is 5.29. The van der Waals surface area contributed by atoms with E-state index in [4.69, 9.17) is 0 Å². The maximum atomic E-state index is 4.46. The van der Waals surface area contributed by atoms with Crippen molar-refractivity contribution in [3.05, 3.63) is 65.0 Å². The summed E-state index contributed by atoms with van der Waals surface area (Å²) in [7, 11) is 0. The van der Waals surface area contributed by atoms with E-state index in [1.54, 1.807) is 0 Å². The van der Waals surface area contributed by atoms with Gasteiger partial charge in [-0.2, -0.15) is 0 Å². The zero-order chi connectivity index (χ0) is 15.1. The van der Waals surface area contributed by atoms with Gasteiger partial charge in [0.15, 0.2) is 0 Å². The summed E-state index contributed by atoms with van der Waals surface area (Å²) in [6.45, 7) is 7.61. The van der Waals surface area contributed by atoms with Crippen molar-refractivity contribution in [2.45, 2.75) is 46.1 Å². The van der Waals surface area contributed by atoms with Gasteiger partial charge in [0.25, 0.3) is 0 Å². The summed E-state index contributed by atoms with van der Waals surface area (Å²) in [5.41, 5.74) is 5.27. The first-order valence-corrected chi connectivity index (χ1v) is 7.88. The van der Waals surface area contributed by atoms with Gasteiger partial charge in [0.1, 0.15) is 0 Å². The molecule has 0 fully saturated rings. The zero-order valence-corrected chi connectivity index (χ0v) is 13.4. The van der Waals surface area contributed by atoms with E-state index in [2.05, 4.69) is 61.4 Å². The molecule has 21 heavy (non-hydrogen) atoms. The van der Waals surface area contributed by atoms with Gasteiger partial charge in [-0.15, -0.1) is 0 Å². The molecule has 2 heteroatoms. The number of pyridine rings is 1. The van der Waals surface area contributed by atoms with Crippen LogP contribution in [0, 0.1) is 13.8 Å². The second-order valence-corrected chi connectivity index (χ2v) is 5.88. The topological polar surface area (TPSA) is 24.9 Å². The van der Waals surface area contributed by atoms with Crippen LogP contribution in [0.2, 0.25) is 0 Å². The van der Waals surface area contributed by atoms with E-state index >= 15 is 0 Å². The van der Waals surface area contributed by atoms with Crippen LogP contribution in [0.15, 0.2) is 42.6 Å². The number of aromatic nitrogens is 1. The second kappa shape index (κ2) is 7.94. The molecule has 1 unspecified atom stereocenters. The van der Waals surface area contributed by atoms with Crippen LogP contribution in [0.4, 0.5) is 0 Å². The minimum atomic E-state index is 0.445. The summed E-state index contributed by atoms with van der Waals surface area (Å²) in [4.78, 5) is 4.46. The fourth-order valence-corrected chi connectivity index (χ4v) is 2.81. The molecule has 0 bridgehead atoms. The van der Waals surface area contributed by atoms with E-state index in [-0.39, 0.29) is 0 Å². The summed E-state index contributed by atoms with van der Waals surface area (Å²) < 4.78 is 0. The molecule has 0 saturated heterocycles. The third-order valence-corrected chi connectivity index (χ3v) is 3.63. The van der Waals surface area contributed by atoms with Gasteiger partial charge in [0.05, 0.1) is 0 Å². The molecule has 0 aliphatic heterocycles. The monoisotopic (exact) mass is 282 g/mol. The number of aryl methyl sites for hydroxylation is 2. The quantitative estimate of drug-likeness (QED) is 0.834. The van der Waals surface area contributed by atoms with E-state index in [9.17, 15) is 0 Å². The Labute approximate surface area is 128 Å². The number of rotatable bonds is 7. The maximum Gasteiger partial charge on any atom is 0.0419 e. The summed E-state index contributed by atoms with van der Waals surface area (Å²) in [5, 5.41) is 3.67. The Kier molecular flexibility index (Phi) is 5.94. The van der Waals surface area contributed by atoms with Crippen LogP contribution >= 0.6 is 0 Å². The smallest absolute Gasteiger partial charge is 0.0419 e. The van der Waals surface area contributed by atoms with E-state index < -0.39 is 0 Å². The number of nitrogens with one attached hydrogen (secondary N) is 1. The number of nitrogens with zero attached hydrogens (tertiary/aromatic N) is 1. The summed E-state index contributed by atoms with van der Waals surface area (Å²) in [6.07, 6.45) is 5.07. The molecule has 0 radical (unpaired) electrons. The van der Waals surface area contributed by atoms with Crippen molar-refractivity contribution in [2.24, 2.45) is 0 Å². The molecule has 1 aromatic heterocycles. The van der Waals surface area contributed by atoms with Gasteiger partial charge >= 0.3 is 0 Å². The Morgan fingerprint density at radius 2 is 1.81 bits per heavy atom. The molecule has 0 saturated carbocycles. The molecule has 112 valence electrons. The van der Waals surface area contributed by atoms with Crippen LogP contribution in [0.25, 0.3) is 0 Å². The first-order valence-electron chi connectivity index (χ1n) is 7.88. The lowest BCUT2D eigenvalue weighted by molar-refractivity contribution is 0.500. The molecule has 0 aliphatic carbocycles. The predicted octanol–water partition coefficient (Wildman–Crippen LogP) is 3.85. The van der Waals surface area contributed by atoms with Crippen molar-refractivity contribution in [1.29, 1.82) is 0 Å². The molecule has 0 aliphatic rings. The van der Waals surface area contributed by atoms with Gasteiger partial charge in [-0.1, -0.05) is 42.3 Å². The molecule has 1 heterocycles. The van der Waals surface area contributed by atoms with Crippen LogP contribution in [0.1, 0.15) is 35.7 Å². The Morgan fingerprint density at radius 1 is 1.05 bits per heavy atom. The van der Waals surface area contributed by atoms with Crippen molar-refractivity contribution in [1.82, 2.24) is 10.3 Å². The SMILES string of the molecule is CCCNC(Cc1cc(C)cc(C)c1)Cc1ccccn1. The van der Waals surface area contributed by atoms with Crippen LogP contribution in [0.3, 0.4) is 0 Å². The highest BCUT2D eigenvalue weighted by Gasteiger charge is 2.11. The van der Waals surface area contributed by atoms with E-state index in [0.29, 0.717) is 6.04 Å². The lowest BCUT2D eigenvalue weighted by Crippen LogP contribution is -2.34. The highest BCUT2D eigenvalue weighted by atomic mass is 14.9. The molecule has 1 N–H and O–H groups in total. The molecule has 1 atom stereocenters. The van der Waals surface area contributed by atoms with Gasteiger partial charge in [-0.25, -0.2) is 0 Å². The maximum absolute atomic E-state index is 4.46. The minimum absolute atomic E-state index is 0.445. The van der Waals surface area contributed by atoms with Crippen LogP contribution < -0.4 is 5.32 Å². The molecule has 0 spiro atoms. The summed E-state index contributed by atoms with van der Waals surface area (Å²) in [5.74, 6) is 0. The predicted molar refractivity (Wildman–Crippen MR) is 89.6 cm³/mol. The highest BCUT2D eigenvalue weighted by Crippen LogP contribution is 2.13. The van der Waals surface area contributed by atoms with Crippen LogP contribution in [-0.2, 0) is 12.8 Å². The Morgan fingerprint density at radius 3 is 2.43 bits per heavy atom. The van der Waals surface area contributed by atoms with Gasteiger partial charge < -0.3 is 5.32 Å². The van der Waals surface area contributed by atoms with Crippen molar-refractivity contribution in [3.63, 3.8) is 0 Å². The summed E-state index contributed by atoms with van der Waals surface area (Å²) in [6, 6.07) is 13.4. The van der Waals surface area contributed by atoms with Crippen LogP contribution in [-0.4, -0.2) is 17.6 Å². The van der Waals surface area contributed by atoms with Gasteiger partial charge in [-0.3, -0.25) is 4.98 Å². The first-order chi connectivity index (χ1) is 10.2. The molecule has 2 aromatic rings. The summed E-state index contributed by atoms with van der Waals surface area (Å²) >= 11 is 0. The molecular formula is C19H26N2. The molecule has 1 aromatic carbocycles. The molecule has 0 amide bonds. The molecule has 2 rings (SSSR count). The lowest BCUT2D eigenvalue weighted by Gasteiger charge is -2.19. The Hall–Kier alpha value is -1.67. The Bertz CT molecular complexity index is 528. The first kappa shape index (κ1) is 15.7. The lowest BCUT2D eigenvalue weighted by atomic mass is 9.98. The average molecular weight is 282 g/mol. The second-order valence-electron chi connectivity index (χ2n) is 5.88. The number of hydrogen-bond donors (Lipinski definition) is 1. The van der Waals surface area contributed by atoms with Gasteiger partial charge in [-0.05, 0) is 50.9 Å². The van der Waals surface area contributed by atoms with E-state index in [1.807, 2.05) is 12.3 Å². The number of benzene rings is 1. The zero-order valence-electron chi connectivity index (χ0n) is 13.4. The largest absolute Gasteiger partial charge is 0.313 e. The van der Waals surface area contributed by atoms with Gasteiger partial charge in [0, 0.05) is 24.4 Å². The fourth-order valence-electron chi connectivity index (χ4n) is 2.81. The third-order valence-electron chi connectivity index (χ3n) is 3.63. The molecule has 2 nitrogen and oxygen atoms in total. The van der Waals surface area contributed by atoms with Crippen molar-refractivity contribution < 1.29 is 0 Å². The third kappa shape index (κ3) is 5.31. The standard InChI is InChI=1S/C19H26N2/c1-4-8-20-19(14-18-7-5-6-9-21-18)13-17-11-15(2)10-16(3)12-17/h5-7,9-12,19-20H,4,8,13-14H2,1-3H3. The minimum Gasteiger partial charge on any atom is -0.313 e. The van der Waals surface area contributed by atoms with Crippen molar-refractivity contribution in [3.8, 4) is 0 Å². The fraction of sp³-hybridized carbons (Fsp3) is 0.421. The normalized spacial score (nSPS) is 12.3. The Balaban J connectivity index is 2.08. The molecular weight excluding hydrogens is 256 g/mol.